The molecule has 7 heteroatoms. The van der Waals surface area contributed by atoms with Crippen LogP contribution in [0.5, 0.6) is 0 Å². The van der Waals surface area contributed by atoms with E-state index >= 15 is 0 Å². The molecule has 0 unspecified atom stereocenters. The van der Waals surface area contributed by atoms with E-state index in [-0.39, 0.29) is 17.1 Å². The third-order valence-electron chi connectivity index (χ3n) is 3.10. The van der Waals surface area contributed by atoms with Gasteiger partial charge in [0, 0.05) is 0 Å². The first-order valence-electron chi connectivity index (χ1n) is 6.66. The molecule has 0 aliphatic heterocycles. The van der Waals surface area contributed by atoms with E-state index in [0.717, 1.165) is 5.56 Å². The largest absolute Gasteiger partial charge is 0.457 e. The van der Waals surface area contributed by atoms with E-state index in [1.54, 1.807) is 24.3 Å². The standard InChI is InChI=1S/C16H14N2O4S/c1-18-23(20,21)15-4-2-3-14(9-15)16(19)22-11-13-7-5-12(10-17)6-8-13/h2-9,18H,11H2,1H3. The van der Waals surface area contributed by atoms with Crippen LogP contribution in [-0.2, 0) is 21.4 Å². The number of carbonyl (C=O) groups is 1. The van der Waals surface area contributed by atoms with Crippen LogP contribution >= 0.6 is 0 Å². The molecule has 1 N–H and O–H groups in total. The van der Waals surface area contributed by atoms with Gasteiger partial charge in [0.25, 0.3) is 0 Å². The lowest BCUT2D eigenvalue weighted by atomic mass is 10.1. The summed E-state index contributed by atoms with van der Waals surface area (Å²) in [6.07, 6.45) is 0. The zero-order valence-electron chi connectivity index (χ0n) is 12.3. The summed E-state index contributed by atoms with van der Waals surface area (Å²) in [7, 11) is -2.32. The average Bonchev–Trinajstić information content (AvgIpc) is 2.60. The van der Waals surface area contributed by atoms with Crippen molar-refractivity contribution in [2.24, 2.45) is 0 Å². The molecule has 2 aromatic rings. The van der Waals surface area contributed by atoms with Gasteiger partial charge < -0.3 is 4.74 Å². The number of nitrogens with one attached hydrogen (secondary N) is 1. The van der Waals surface area contributed by atoms with Gasteiger partial charge in [-0.3, -0.25) is 0 Å². The first-order chi connectivity index (χ1) is 11.0. The molecule has 0 radical (unpaired) electrons. The molecular formula is C16H14N2O4S. The monoisotopic (exact) mass is 330 g/mol. The van der Waals surface area contributed by atoms with Crippen molar-refractivity contribution in [2.75, 3.05) is 7.05 Å². The number of benzene rings is 2. The van der Waals surface area contributed by atoms with Gasteiger partial charge >= 0.3 is 5.97 Å². The van der Waals surface area contributed by atoms with Crippen LogP contribution in [0.2, 0.25) is 0 Å². The summed E-state index contributed by atoms with van der Waals surface area (Å²) < 4.78 is 30.8. The molecule has 0 bridgehead atoms. The summed E-state index contributed by atoms with van der Waals surface area (Å²) >= 11 is 0. The van der Waals surface area contributed by atoms with Crippen molar-refractivity contribution in [1.82, 2.24) is 4.72 Å². The van der Waals surface area contributed by atoms with Crippen LogP contribution in [0.25, 0.3) is 0 Å². The summed E-state index contributed by atoms with van der Waals surface area (Å²) in [6, 6.07) is 14.2. The van der Waals surface area contributed by atoms with Crippen LogP contribution in [0.1, 0.15) is 21.5 Å². The van der Waals surface area contributed by atoms with Gasteiger partial charge in [-0.05, 0) is 42.9 Å². The topological polar surface area (TPSA) is 96.3 Å². The quantitative estimate of drug-likeness (QED) is 0.844. The Bertz CT molecular complexity index is 852. The van der Waals surface area contributed by atoms with E-state index < -0.39 is 16.0 Å². The van der Waals surface area contributed by atoms with Gasteiger partial charge in [0.1, 0.15) is 6.61 Å². The normalized spacial score (nSPS) is 10.8. The van der Waals surface area contributed by atoms with Crippen LogP contribution < -0.4 is 4.72 Å². The smallest absolute Gasteiger partial charge is 0.338 e. The summed E-state index contributed by atoms with van der Waals surface area (Å²) in [5, 5.41) is 8.72. The Morgan fingerprint density at radius 2 is 1.91 bits per heavy atom. The predicted octanol–water partition coefficient (Wildman–Crippen LogP) is 1.82. The third kappa shape index (κ3) is 4.16. The first kappa shape index (κ1) is 16.7. The van der Waals surface area contributed by atoms with Crippen LogP contribution in [0.4, 0.5) is 0 Å². The van der Waals surface area contributed by atoms with E-state index in [2.05, 4.69) is 4.72 Å². The number of nitrogens with zero attached hydrogens (tertiary/aromatic N) is 1. The fourth-order valence-electron chi connectivity index (χ4n) is 1.82. The highest BCUT2D eigenvalue weighted by Crippen LogP contribution is 2.13. The van der Waals surface area contributed by atoms with Crippen LogP contribution in [-0.4, -0.2) is 21.4 Å². The van der Waals surface area contributed by atoms with Crippen LogP contribution in [0, 0.1) is 11.3 Å². The second kappa shape index (κ2) is 7.05. The minimum atomic E-state index is -3.62. The Morgan fingerprint density at radius 1 is 1.22 bits per heavy atom. The highest BCUT2D eigenvalue weighted by atomic mass is 32.2. The molecule has 0 heterocycles. The molecule has 0 amide bonds. The van der Waals surface area contributed by atoms with Gasteiger partial charge in [-0.1, -0.05) is 18.2 Å². The summed E-state index contributed by atoms with van der Waals surface area (Å²) in [6.45, 7) is 0.0353. The Labute approximate surface area is 134 Å². The minimum Gasteiger partial charge on any atom is -0.457 e. The number of rotatable bonds is 5. The highest BCUT2D eigenvalue weighted by molar-refractivity contribution is 7.89. The van der Waals surface area contributed by atoms with Gasteiger partial charge in [0.15, 0.2) is 0 Å². The van der Waals surface area contributed by atoms with Crippen molar-refractivity contribution in [3.05, 3.63) is 65.2 Å². The lowest BCUT2D eigenvalue weighted by Crippen LogP contribution is -2.19. The highest BCUT2D eigenvalue weighted by Gasteiger charge is 2.15. The van der Waals surface area contributed by atoms with Crippen molar-refractivity contribution in [1.29, 1.82) is 5.26 Å². The van der Waals surface area contributed by atoms with Gasteiger partial charge in [-0.15, -0.1) is 0 Å². The zero-order valence-corrected chi connectivity index (χ0v) is 13.1. The molecule has 0 aliphatic carbocycles. The average molecular weight is 330 g/mol. The lowest BCUT2D eigenvalue weighted by Gasteiger charge is -2.07. The van der Waals surface area contributed by atoms with Crippen molar-refractivity contribution in [2.45, 2.75) is 11.5 Å². The molecule has 2 aromatic carbocycles. The first-order valence-corrected chi connectivity index (χ1v) is 8.14. The van der Waals surface area contributed by atoms with Crippen LogP contribution in [0.15, 0.2) is 53.4 Å². The maximum absolute atomic E-state index is 12.0. The van der Waals surface area contributed by atoms with E-state index in [1.807, 2.05) is 6.07 Å². The molecule has 6 nitrogen and oxygen atoms in total. The van der Waals surface area contributed by atoms with E-state index in [0.29, 0.717) is 5.56 Å². The molecule has 0 saturated heterocycles. The summed E-state index contributed by atoms with van der Waals surface area (Å²) in [4.78, 5) is 12.0. The molecule has 0 aromatic heterocycles. The summed E-state index contributed by atoms with van der Waals surface area (Å²) in [5.74, 6) is -0.623. The molecule has 0 spiro atoms. The second-order valence-electron chi connectivity index (χ2n) is 4.62. The number of ether oxygens (including phenoxy) is 1. The lowest BCUT2D eigenvalue weighted by molar-refractivity contribution is 0.0472. The third-order valence-corrected chi connectivity index (χ3v) is 4.51. The Balaban J connectivity index is 2.09. The number of nitriles is 1. The molecule has 23 heavy (non-hydrogen) atoms. The summed E-state index contributed by atoms with van der Waals surface area (Å²) in [5.41, 5.74) is 1.40. The Hall–Kier alpha value is -2.69. The molecule has 118 valence electrons. The fourth-order valence-corrected chi connectivity index (χ4v) is 2.59. The van der Waals surface area contributed by atoms with E-state index in [1.165, 1.54) is 31.3 Å². The number of sulfonamides is 1. The zero-order chi connectivity index (χ0) is 16.9. The van der Waals surface area contributed by atoms with Gasteiger partial charge in [-0.2, -0.15) is 5.26 Å². The maximum Gasteiger partial charge on any atom is 0.338 e. The van der Waals surface area contributed by atoms with Crippen molar-refractivity contribution in [3.8, 4) is 6.07 Å². The molecule has 0 atom stereocenters. The number of hydrogen-bond acceptors (Lipinski definition) is 5. The molecule has 0 saturated carbocycles. The van der Waals surface area contributed by atoms with Crippen molar-refractivity contribution in [3.63, 3.8) is 0 Å². The molecule has 0 aliphatic rings. The van der Waals surface area contributed by atoms with Gasteiger partial charge in [0.2, 0.25) is 10.0 Å². The van der Waals surface area contributed by atoms with Gasteiger partial charge in [-0.25, -0.2) is 17.9 Å². The fraction of sp³-hybridized carbons (Fsp3) is 0.125. The van der Waals surface area contributed by atoms with Crippen LogP contribution in [0.3, 0.4) is 0 Å². The minimum absolute atomic E-state index is 0.00665. The van der Waals surface area contributed by atoms with Crippen molar-refractivity contribution >= 4 is 16.0 Å². The van der Waals surface area contributed by atoms with E-state index in [9.17, 15) is 13.2 Å². The molecular weight excluding hydrogens is 316 g/mol. The molecule has 2 rings (SSSR count). The number of hydrogen-bond donors (Lipinski definition) is 1. The maximum atomic E-state index is 12.0. The Morgan fingerprint density at radius 3 is 2.52 bits per heavy atom. The Kier molecular flexibility index (Phi) is 5.11. The van der Waals surface area contributed by atoms with Gasteiger partial charge in [0.05, 0.1) is 22.1 Å². The molecule has 0 fully saturated rings. The SMILES string of the molecule is CNS(=O)(=O)c1cccc(C(=O)OCc2ccc(C#N)cc2)c1. The number of carbonyl (C=O) groups excluding carboxylic acids is 1. The van der Waals surface area contributed by atoms with E-state index in [4.69, 9.17) is 10.00 Å². The second-order valence-corrected chi connectivity index (χ2v) is 6.51. The predicted molar refractivity (Wildman–Crippen MR) is 83.0 cm³/mol. The number of esters is 1. The van der Waals surface area contributed by atoms with Crippen molar-refractivity contribution < 1.29 is 17.9 Å².